The van der Waals surface area contributed by atoms with Crippen molar-refractivity contribution in [3.63, 3.8) is 0 Å². The molecule has 1 aliphatic carbocycles. The fourth-order valence-electron chi connectivity index (χ4n) is 2.67. The molecule has 124 valence electrons. The van der Waals surface area contributed by atoms with E-state index >= 15 is 0 Å². The summed E-state index contributed by atoms with van der Waals surface area (Å²) in [7, 11) is 0. The molecule has 2 aliphatic rings. The second-order valence-corrected chi connectivity index (χ2v) is 5.89. The van der Waals surface area contributed by atoms with Crippen molar-refractivity contribution in [1.82, 2.24) is 30.4 Å². The van der Waals surface area contributed by atoms with E-state index in [0.717, 1.165) is 29.9 Å². The number of benzene rings is 1. The Morgan fingerprint density at radius 1 is 1.29 bits per heavy atom. The van der Waals surface area contributed by atoms with Crippen molar-refractivity contribution >= 4 is 17.6 Å². The Kier molecular flexibility index (Phi) is 3.60. The molecule has 0 spiro atoms. The number of urea groups is 1. The number of hydrogen-bond donors (Lipinski definition) is 2. The van der Waals surface area contributed by atoms with Gasteiger partial charge < -0.3 is 10.6 Å². The number of aromatic nitrogens is 4. The number of imide groups is 1. The summed E-state index contributed by atoms with van der Waals surface area (Å²) in [4.78, 5) is 24.6. The second-order valence-electron chi connectivity index (χ2n) is 5.89. The largest absolute Gasteiger partial charge is 0.376 e. The van der Waals surface area contributed by atoms with Gasteiger partial charge in [0.2, 0.25) is 5.91 Å². The molecule has 3 amide bonds. The second kappa shape index (κ2) is 5.91. The molecule has 2 N–H and O–H groups in total. The third-order valence-corrected chi connectivity index (χ3v) is 4.13. The molecule has 2 heterocycles. The van der Waals surface area contributed by atoms with Crippen LogP contribution in [0.2, 0.25) is 0 Å². The summed E-state index contributed by atoms with van der Waals surface area (Å²) in [5.41, 5.74) is 1.74. The number of rotatable bonds is 5. The predicted octanol–water partition coefficient (Wildman–Crippen LogP) is 0.639. The van der Waals surface area contributed by atoms with Gasteiger partial charge >= 0.3 is 6.03 Å². The van der Waals surface area contributed by atoms with Crippen LogP contribution in [-0.4, -0.2) is 56.7 Å². The molecule has 2 aromatic rings. The average Bonchev–Trinajstić information content (AvgIpc) is 3.16. The zero-order chi connectivity index (χ0) is 16.5. The van der Waals surface area contributed by atoms with Gasteiger partial charge in [0.1, 0.15) is 0 Å². The molecule has 1 aliphatic heterocycles. The van der Waals surface area contributed by atoms with E-state index in [9.17, 15) is 9.59 Å². The van der Waals surface area contributed by atoms with Gasteiger partial charge in [-0.3, -0.25) is 9.69 Å². The Bertz CT molecular complexity index is 766. The molecule has 0 atom stereocenters. The maximum atomic E-state index is 12.0. The quantitative estimate of drug-likeness (QED) is 0.835. The molecule has 1 saturated carbocycles. The van der Waals surface area contributed by atoms with E-state index in [1.165, 1.54) is 4.90 Å². The number of hydrogen-bond acceptors (Lipinski definition) is 6. The van der Waals surface area contributed by atoms with Crippen LogP contribution in [0.4, 0.5) is 10.5 Å². The zero-order valence-electron chi connectivity index (χ0n) is 13.0. The summed E-state index contributed by atoms with van der Waals surface area (Å²) >= 11 is 0. The monoisotopic (exact) mass is 327 g/mol. The molecule has 9 nitrogen and oxygen atoms in total. The first kappa shape index (κ1) is 14.6. The molecule has 0 bridgehead atoms. The smallest absolute Gasteiger partial charge is 0.324 e. The molecule has 1 saturated heterocycles. The lowest BCUT2D eigenvalue weighted by Gasteiger charge is -2.13. The molecule has 1 aromatic carbocycles. The minimum atomic E-state index is -0.330. The topological polar surface area (TPSA) is 105 Å². The van der Waals surface area contributed by atoms with Gasteiger partial charge in [-0.15, -0.1) is 5.10 Å². The van der Waals surface area contributed by atoms with Crippen molar-refractivity contribution < 1.29 is 9.59 Å². The number of tetrazole rings is 1. The lowest BCUT2D eigenvalue weighted by atomic mass is 10.2. The highest BCUT2D eigenvalue weighted by atomic mass is 16.2. The van der Waals surface area contributed by atoms with Gasteiger partial charge in [0.15, 0.2) is 5.82 Å². The van der Waals surface area contributed by atoms with Crippen molar-refractivity contribution in [2.75, 3.05) is 25.0 Å². The van der Waals surface area contributed by atoms with Crippen LogP contribution in [-0.2, 0) is 4.79 Å². The molecule has 2 fully saturated rings. The third kappa shape index (κ3) is 2.80. The van der Waals surface area contributed by atoms with Gasteiger partial charge in [-0.05, 0) is 47.5 Å². The average molecular weight is 327 g/mol. The van der Waals surface area contributed by atoms with Crippen LogP contribution >= 0.6 is 0 Å². The summed E-state index contributed by atoms with van der Waals surface area (Å²) < 4.78 is 1.86. The lowest BCUT2D eigenvalue weighted by Crippen LogP contribution is -2.37. The molecule has 24 heavy (non-hydrogen) atoms. The molecular formula is C15H17N7O2. The van der Waals surface area contributed by atoms with Crippen molar-refractivity contribution in [2.24, 2.45) is 0 Å². The highest BCUT2D eigenvalue weighted by Gasteiger charge is 2.28. The SMILES string of the molecule is O=C(CNc1ccc(-c2nnnn2C2CC2)cc1)N1CCNC1=O. The first-order valence-electron chi connectivity index (χ1n) is 7.93. The Hall–Kier alpha value is -2.97. The normalized spacial score (nSPS) is 17.0. The highest BCUT2D eigenvalue weighted by Crippen LogP contribution is 2.36. The predicted molar refractivity (Wildman–Crippen MR) is 85.1 cm³/mol. The van der Waals surface area contributed by atoms with E-state index in [1.807, 2.05) is 28.9 Å². The van der Waals surface area contributed by atoms with E-state index < -0.39 is 0 Å². The van der Waals surface area contributed by atoms with Crippen LogP contribution in [0, 0.1) is 0 Å². The van der Waals surface area contributed by atoms with E-state index in [1.54, 1.807) is 0 Å². The minimum Gasteiger partial charge on any atom is -0.376 e. The van der Waals surface area contributed by atoms with Crippen LogP contribution in [0.5, 0.6) is 0 Å². The Labute approximate surface area is 138 Å². The van der Waals surface area contributed by atoms with Crippen LogP contribution in [0.3, 0.4) is 0 Å². The van der Waals surface area contributed by atoms with Crippen LogP contribution in [0.1, 0.15) is 18.9 Å². The Morgan fingerprint density at radius 2 is 2.08 bits per heavy atom. The van der Waals surface area contributed by atoms with E-state index in [4.69, 9.17) is 0 Å². The molecule has 9 heteroatoms. The fourth-order valence-corrected chi connectivity index (χ4v) is 2.67. The van der Waals surface area contributed by atoms with E-state index in [0.29, 0.717) is 19.1 Å². The zero-order valence-corrected chi connectivity index (χ0v) is 13.0. The number of anilines is 1. The number of nitrogens with one attached hydrogen (secondary N) is 2. The third-order valence-electron chi connectivity index (χ3n) is 4.13. The van der Waals surface area contributed by atoms with Gasteiger partial charge in [0.05, 0.1) is 12.6 Å². The summed E-state index contributed by atoms with van der Waals surface area (Å²) in [5.74, 6) is 0.514. The Balaban J connectivity index is 1.40. The summed E-state index contributed by atoms with van der Waals surface area (Å²) in [6, 6.07) is 7.66. The lowest BCUT2D eigenvalue weighted by molar-refractivity contribution is -0.125. The maximum Gasteiger partial charge on any atom is 0.324 e. The number of amides is 3. The van der Waals surface area contributed by atoms with Gasteiger partial charge in [0.25, 0.3) is 0 Å². The van der Waals surface area contributed by atoms with Gasteiger partial charge in [-0.2, -0.15) is 0 Å². The fraction of sp³-hybridized carbons (Fsp3) is 0.400. The van der Waals surface area contributed by atoms with Crippen LogP contribution in [0.25, 0.3) is 11.4 Å². The van der Waals surface area contributed by atoms with E-state index in [-0.39, 0.29) is 18.5 Å². The number of carbonyl (C=O) groups is 2. The first-order chi connectivity index (χ1) is 11.7. The van der Waals surface area contributed by atoms with Crippen LogP contribution in [0.15, 0.2) is 24.3 Å². The molecule has 4 rings (SSSR count). The summed E-state index contributed by atoms with van der Waals surface area (Å²) in [5, 5.41) is 17.5. The molecule has 0 unspecified atom stereocenters. The van der Waals surface area contributed by atoms with Crippen molar-refractivity contribution in [2.45, 2.75) is 18.9 Å². The minimum absolute atomic E-state index is 0.0760. The Morgan fingerprint density at radius 3 is 2.75 bits per heavy atom. The van der Waals surface area contributed by atoms with Crippen molar-refractivity contribution in [3.8, 4) is 11.4 Å². The van der Waals surface area contributed by atoms with Gasteiger partial charge in [-0.1, -0.05) is 0 Å². The van der Waals surface area contributed by atoms with Crippen molar-refractivity contribution in [3.05, 3.63) is 24.3 Å². The van der Waals surface area contributed by atoms with Crippen molar-refractivity contribution in [1.29, 1.82) is 0 Å². The van der Waals surface area contributed by atoms with Crippen LogP contribution < -0.4 is 10.6 Å². The summed E-state index contributed by atoms with van der Waals surface area (Å²) in [6.45, 7) is 1.00. The maximum absolute atomic E-state index is 12.0. The van der Waals surface area contributed by atoms with Gasteiger partial charge in [-0.25, -0.2) is 9.48 Å². The molecule has 1 aromatic heterocycles. The highest BCUT2D eigenvalue weighted by molar-refractivity contribution is 5.97. The first-order valence-corrected chi connectivity index (χ1v) is 7.93. The molecular weight excluding hydrogens is 310 g/mol. The standard InChI is InChI=1S/C15H17N7O2/c23-13(21-8-7-16-15(21)24)9-17-11-3-1-10(2-4-11)14-18-19-20-22(14)12-5-6-12/h1-4,12,17H,5-9H2,(H,16,24). The van der Waals surface area contributed by atoms with E-state index in [2.05, 4.69) is 26.2 Å². The number of carbonyl (C=O) groups excluding carboxylic acids is 2. The number of nitrogens with zero attached hydrogens (tertiary/aromatic N) is 5. The summed E-state index contributed by atoms with van der Waals surface area (Å²) in [6.07, 6.45) is 2.23. The van der Waals surface area contributed by atoms with Gasteiger partial charge in [0, 0.05) is 24.3 Å². The molecule has 0 radical (unpaired) electrons.